The molecule has 2 amide bonds. The number of urea groups is 1. The van der Waals surface area contributed by atoms with Crippen LogP contribution >= 0.6 is 11.6 Å². The fourth-order valence-electron chi connectivity index (χ4n) is 4.62. The Balaban J connectivity index is 1.21. The van der Waals surface area contributed by atoms with Crippen molar-refractivity contribution in [3.8, 4) is 5.75 Å². The Kier molecular flexibility index (Phi) is 8.72. The highest BCUT2D eigenvalue weighted by atomic mass is 35.5. The molecule has 0 bridgehead atoms. The van der Waals surface area contributed by atoms with Gasteiger partial charge < -0.3 is 14.5 Å². The number of piperazine rings is 1. The number of ether oxygens (including phenoxy) is 1. The number of hydrogen-bond donors (Lipinski definition) is 0. The maximum Gasteiger partial charge on any atom is 0.324 e. The summed E-state index contributed by atoms with van der Waals surface area (Å²) in [6, 6.07) is 17.9. The number of benzene rings is 2. The van der Waals surface area contributed by atoms with Crippen LogP contribution in [0.15, 0.2) is 66.4 Å². The average Bonchev–Trinajstić information content (AvgIpc) is 2.87. The number of carbonyl (C=O) groups excluding carboxylic acids is 1. The van der Waals surface area contributed by atoms with Crippen LogP contribution < -0.4 is 9.64 Å². The third kappa shape index (κ3) is 6.45. The van der Waals surface area contributed by atoms with Gasteiger partial charge in [-0.1, -0.05) is 42.8 Å². The lowest BCUT2D eigenvalue weighted by atomic mass is 10.2. The summed E-state index contributed by atoms with van der Waals surface area (Å²) in [5.41, 5.74) is 2.29. The molecule has 0 aliphatic carbocycles. The maximum absolute atomic E-state index is 13.2. The van der Waals surface area contributed by atoms with Crippen molar-refractivity contribution < 1.29 is 9.53 Å². The molecule has 1 fully saturated rings. The summed E-state index contributed by atoms with van der Waals surface area (Å²) in [6.07, 6.45) is 4.02. The van der Waals surface area contributed by atoms with Crippen molar-refractivity contribution in [1.29, 1.82) is 0 Å². The standard InChI is InChI=1S/C27H35ClN4O2/c1-2-24-12-15-31(27(33)32(24)20-21-34-26-10-4-3-5-11-26)14-7-13-29-16-18-30(19-17-29)25-9-6-8-23(28)22-25/h3-6,8-12,22H,2,7,13-21H2,1H3. The van der Waals surface area contributed by atoms with Crippen LogP contribution in [0.1, 0.15) is 19.8 Å². The second kappa shape index (κ2) is 12.1. The van der Waals surface area contributed by atoms with Gasteiger partial charge in [0.1, 0.15) is 12.4 Å². The number of amides is 2. The zero-order valence-corrected chi connectivity index (χ0v) is 20.8. The lowest BCUT2D eigenvalue weighted by Crippen LogP contribution is -2.49. The van der Waals surface area contributed by atoms with E-state index in [1.54, 1.807) is 0 Å². The van der Waals surface area contributed by atoms with Gasteiger partial charge in [-0.15, -0.1) is 0 Å². The normalized spacial score (nSPS) is 17.2. The van der Waals surface area contributed by atoms with Crippen molar-refractivity contribution in [3.05, 3.63) is 71.4 Å². The van der Waals surface area contributed by atoms with Crippen LogP contribution in [0.25, 0.3) is 0 Å². The van der Waals surface area contributed by atoms with Crippen LogP contribution in [-0.2, 0) is 0 Å². The van der Waals surface area contributed by atoms with E-state index in [0.717, 1.165) is 68.6 Å². The first-order chi connectivity index (χ1) is 16.6. The summed E-state index contributed by atoms with van der Waals surface area (Å²) in [4.78, 5) is 21.9. The van der Waals surface area contributed by atoms with Gasteiger partial charge in [-0.3, -0.25) is 9.80 Å². The van der Waals surface area contributed by atoms with E-state index in [4.69, 9.17) is 16.3 Å². The molecule has 0 aromatic heterocycles. The van der Waals surface area contributed by atoms with E-state index in [1.165, 1.54) is 5.69 Å². The second-order valence-corrected chi connectivity index (χ2v) is 9.19. The van der Waals surface area contributed by atoms with E-state index < -0.39 is 0 Å². The number of para-hydroxylation sites is 1. The third-order valence-corrected chi connectivity index (χ3v) is 6.77. The Morgan fingerprint density at radius 2 is 1.74 bits per heavy atom. The topological polar surface area (TPSA) is 39.3 Å². The van der Waals surface area contributed by atoms with Gasteiger partial charge in [-0.25, -0.2) is 4.79 Å². The monoisotopic (exact) mass is 482 g/mol. The fourth-order valence-corrected chi connectivity index (χ4v) is 4.80. The van der Waals surface area contributed by atoms with Gasteiger partial charge in [0.05, 0.1) is 6.54 Å². The Morgan fingerprint density at radius 1 is 0.941 bits per heavy atom. The lowest BCUT2D eigenvalue weighted by molar-refractivity contribution is 0.148. The molecule has 2 aromatic carbocycles. The Bertz CT molecular complexity index is 960. The van der Waals surface area contributed by atoms with E-state index in [0.29, 0.717) is 19.7 Å². The van der Waals surface area contributed by atoms with Gasteiger partial charge in [0.15, 0.2) is 0 Å². The summed E-state index contributed by atoms with van der Waals surface area (Å²) < 4.78 is 5.84. The molecule has 6 nitrogen and oxygen atoms in total. The van der Waals surface area contributed by atoms with E-state index in [2.05, 4.69) is 28.9 Å². The predicted octanol–water partition coefficient (Wildman–Crippen LogP) is 4.96. The molecule has 34 heavy (non-hydrogen) atoms. The molecule has 2 aromatic rings. The lowest BCUT2D eigenvalue weighted by Gasteiger charge is -2.38. The van der Waals surface area contributed by atoms with Crippen molar-refractivity contribution in [2.24, 2.45) is 0 Å². The first kappa shape index (κ1) is 24.4. The zero-order valence-electron chi connectivity index (χ0n) is 20.0. The van der Waals surface area contributed by atoms with Gasteiger partial charge in [0.25, 0.3) is 0 Å². The predicted molar refractivity (Wildman–Crippen MR) is 139 cm³/mol. The van der Waals surface area contributed by atoms with Crippen molar-refractivity contribution in [2.75, 3.05) is 63.9 Å². The van der Waals surface area contributed by atoms with Gasteiger partial charge in [-0.2, -0.15) is 0 Å². The van der Waals surface area contributed by atoms with Gasteiger partial charge in [0.2, 0.25) is 0 Å². The van der Waals surface area contributed by atoms with Crippen LogP contribution in [0.5, 0.6) is 5.75 Å². The fraction of sp³-hybridized carbons (Fsp3) is 0.444. The number of rotatable bonds is 10. The molecule has 2 aliphatic heterocycles. The molecule has 0 saturated carbocycles. The first-order valence-electron chi connectivity index (χ1n) is 12.3. The number of carbonyl (C=O) groups is 1. The van der Waals surface area contributed by atoms with Crippen molar-refractivity contribution in [2.45, 2.75) is 19.8 Å². The summed E-state index contributed by atoms with van der Waals surface area (Å²) in [5, 5.41) is 0.784. The largest absolute Gasteiger partial charge is 0.492 e. The molecule has 182 valence electrons. The van der Waals surface area contributed by atoms with Crippen LogP contribution in [-0.4, -0.2) is 79.7 Å². The number of hydrogen-bond acceptors (Lipinski definition) is 4. The third-order valence-electron chi connectivity index (χ3n) is 6.53. The second-order valence-electron chi connectivity index (χ2n) is 8.75. The maximum atomic E-state index is 13.2. The molecule has 7 heteroatoms. The van der Waals surface area contributed by atoms with E-state index in [9.17, 15) is 4.79 Å². The highest BCUT2D eigenvalue weighted by Crippen LogP contribution is 2.21. The SMILES string of the molecule is CCC1=CCN(CCCN2CCN(c3cccc(Cl)c3)CC2)C(=O)N1CCOc1ccccc1. The smallest absolute Gasteiger partial charge is 0.324 e. The summed E-state index contributed by atoms with van der Waals surface area (Å²) in [5.74, 6) is 0.835. The molecule has 0 radical (unpaired) electrons. The van der Waals surface area contributed by atoms with Crippen molar-refractivity contribution in [1.82, 2.24) is 14.7 Å². The molecule has 0 N–H and O–H groups in total. The van der Waals surface area contributed by atoms with Crippen LogP contribution in [0.3, 0.4) is 0 Å². The molecule has 0 atom stereocenters. The molecular formula is C27H35ClN4O2. The quantitative estimate of drug-likeness (QED) is 0.479. The average molecular weight is 483 g/mol. The van der Waals surface area contributed by atoms with Crippen LogP contribution in [0.2, 0.25) is 5.02 Å². The minimum atomic E-state index is 0.0989. The van der Waals surface area contributed by atoms with Crippen LogP contribution in [0.4, 0.5) is 10.5 Å². The summed E-state index contributed by atoms with van der Waals surface area (Å²) >= 11 is 6.15. The van der Waals surface area contributed by atoms with Crippen LogP contribution in [0, 0.1) is 0 Å². The Hall–Kier alpha value is -2.70. The number of allylic oxidation sites excluding steroid dienone is 1. The molecule has 2 heterocycles. The molecule has 2 aliphatic rings. The number of anilines is 1. The highest BCUT2D eigenvalue weighted by Gasteiger charge is 2.27. The van der Waals surface area contributed by atoms with E-state index in [1.807, 2.05) is 58.3 Å². The molecular weight excluding hydrogens is 448 g/mol. The molecule has 1 saturated heterocycles. The first-order valence-corrected chi connectivity index (χ1v) is 12.7. The molecule has 4 rings (SSSR count). The van der Waals surface area contributed by atoms with Crippen molar-refractivity contribution >= 4 is 23.3 Å². The number of halogens is 1. The summed E-state index contributed by atoms with van der Waals surface area (Å²) in [7, 11) is 0. The van der Waals surface area contributed by atoms with E-state index in [-0.39, 0.29) is 6.03 Å². The van der Waals surface area contributed by atoms with Gasteiger partial charge >= 0.3 is 6.03 Å². The molecule has 0 unspecified atom stereocenters. The minimum Gasteiger partial charge on any atom is -0.492 e. The Labute approximate surface area is 208 Å². The summed E-state index contributed by atoms with van der Waals surface area (Å²) in [6.45, 7) is 9.69. The van der Waals surface area contributed by atoms with Crippen molar-refractivity contribution in [3.63, 3.8) is 0 Å². The number of nitrogens with zero attached hydrogens (tertiary/aromatic N) is 4. The Morgan fingerprint density at radius 3 is 2.47 bits per heavy atom. The van der Waals surface area contributed by atoms with Gasteiger partial charge in [-0.05, 0) is 55.8 Å². The van der Waals surface area contributed by atoms with Gasteiger partial charge in [0, 0.05) is 55.7 Å². The zero-order chi connectivity index (χ0) is 23.8. The van der Waals surface area contributed by atoms with E-state index >= 15 is 0 Å². The minimum absolute atomic E-state index is 0.0989. The highest BCUT2D eigenvalue weighted by molar-refractivity contribution is 6.30. The molecule has 0 spiro atoms.